The first-order chi connectivity index (χ1) is 8.82. The van der Waals surface area contributed by atoms with Gasteiger partial charge < -0.3 is 15.8 Å². The summed E-state index contributed by atoms with van der Waals surface area (Å²) in [5.41, 5.74) is 4.65. The number of hydrogen-bond donors (Lipinski definition) is 3. The summed E-state index contributed by atoms with van der Waals surface area (Å²) < 4.78 is 6.61. The van der Waals surface area contributed by atoms with Crippen molar-refractivity contribution in [1.29, 1.82) is 0 Å². The van der Waals surface area contributed by atoms with E-state index in [0.29, 0.717) is 13.1 Å². The molecule has 0 amide bonds. The van der Waals surface area contributed by atoms with Crippen molar-refractivity contribution in [3.05, 3.63) is 20.8 Å². The van der Waals surface area contributed by atoms with Gasteiger partial charge in [-0.15, -0.1) is 0 Å². The summed E-state index contributed by atoms with van der Waals surface area (Å²) in [4.78, 5) is 25.7. The van der Waals surface area contributed by atoms with Crippen LogP contribution in [0.4, 0.5) is 11.5 Å². The molecular formula is C12H22N4O3. The van der Waals surface area contributed by atoms with Gasteiger partial charge in [0, 0.05) is 20.2 Å². The van der Waals surface area contributed by atoms with E-state index in [1.165, 1.54) is 4.57 Å². The molecule has 1 heterocycles. The van der Waals surface area contributed by atoms with E-state index in [1.807, 2.05) is 20.8 Å². The van der Waals surface area contributed by atoms with Crippen LogP contribution in [0.5, 0.6) is 0 Å². The topological polar surface area (TPSA) is 102 Å². The smallest absolute Gasteiger partial charge is 0.330 e. The molecule has 7 heteroatoms. The Bertz CT molecular complexity index is 545. The van der Waals surface area contributed by atoms with E-state index in [9.17, 15) is 9.59 Å². The predicted octanol–water partition coefficient (Wildman–Crippen LogP) is 0.366. The second-order valence-corrected chi connectivity index (χ2v) is 4.99. The van der Waals surface area contributed by atoms with Crippen LogP contribution in [-0.4, -0.2) is 28.8 Å². The number of nitrogens with two attached hydrogens (primary N) is 1. The third kappa shape index (κ3) is 3.60. The average molecular weight is 270 g/mol. The van der Waals surface area contributed by atoms with Gasteiger partial charge in [0.25, 0.3) is 5.56 Å². The molecule has 1 rings (SSSR count). The molecule has 0 aromatic carbocycles. The van der Waals surface area contributed by atoms with Crippen molar-refractivity contribution in [2.24, 2.45) is 0 Å². The molecule has 0 aliphatic carbocycles. The van der Waals surface area contributed by atoms with Crippen LogP contribution in [0.1, 0.15) is 27.2 Å². The van der Waals surface area contributed by atoms with Gasteiger partial charge in [-0.1, -0.05) is 6.92 Å². The minimum atomic E-state index is -0.512. The van der Waals surface area contributed by atoms with Crippen molar-refractivity contribution in [3.8, 4) is 0 Å². The highest BCUT2D eigenvalue weighted by Gasteiger charge is 2.18. The number of rotatable bonds is 6. The molecule has 0 unspecified atom stereocenters. The van der Waals surface area contributed by atoms with Gasteiger partial charge in [-0.3, -0.25) is 14.3 Å². The summed E-state index contributed by atoms with van der Waals surface area (Å²) in [6.07, 6.45) is 0.749. The lowest BCUT2D eigenvalue weighted by Gasteiger charge is -2.24. The average Bonchev–Trinajstić information content (AvgIpc) is 2.34. The minimum absolute atomic E-state index is 0.155. The van der Waals surface area contributed by atoms with E-state index in [4.69, 9.17) is 10.5 Å². The minimum Gasteiger partial charge on any atom is -0.383 e. The zero-order chi connectivity index (χ0) is 14.6. The molecule has 1 aromatic heterocycles. The Morgan fingerprint density at radius 1 is 1.42 bits per heavy atom. The molecule has 1 aromatic rings. The zero-order valence-corrected chi connectivity index (χ0v) is 11.9. The molecule has 0 atom stereocenters. The molecule has 0 radical (unpaired) electrons. The third-order valence-electron chi connectivity index (χ3n) is 2.93. The lowest BCUT2D eigenvalue weighted by molar-refractivity contribution is 0.0343. The van der Waals surface area contributed by atoms with E-state index >= 15 is 0 Å². The maximum absolute atomic E-state index is 11.8. The number of methoxy groups -OCH3 is 1. The van der Waals surface area contributed by atoms with E-state index in [2.05, 4.69) is 10.3 Å². The number of anilines is 2. The van der Waals surface area contributed by atoms with Crippen LogP contribution in [0, 0.1) is 0 Å². The van der Waals surface area contributed by atoms with Gasteiger partial charge in [0.15, 0.2) is 0 Å². The highest BCUT2D eigenvalue weighted by molar-refractivity contribution is 5.60. The Morgan fingerprint density at radius 3 is 2.58 bits per heavy atom. The molecule has 0 aliphatic rings. The summed E-state index contributed by atoms with van der Waals surface area (Å²) >= 11 is 0. The van der Waals surface area contributed by atoms with Crippen molar-refractivity contribution in [3.63, 3.8) is 0 Å². The lowest BCUT2D eigenvalue weighted by Crippen LogP contribution is -2.37. The largest absolute Gasteiger partial charge is 0.383 e. The fourth-order valence-corrected chi connectivity index (χ4v) is 1.58. The number of aromatic amines is 1. The number of aromatic nitrogens is 2. The number of ether oxygens (including phenoxy) is 1. The van der Waals surface area contributed by atoms with Crippen molar-refractivity contribution in [1.82, 2.24) is 9.55 Å². The quantitative estimate of drug-likeness (QED) is 0.693. The van der Waals surface area contributed by atoms with Gasteiger partial charge in [-0.25, -0.2) is 4.79 Å². The Hall–Kier alpha value is -1.76. The van der Waals surface area contributed by atoms with Gasteiger partial charge >= 0.3 is 5.69 Å². The SMILES string of the molecule is CCCn1c(N)c(NCC(C)(C)OC)c(=O)[nH]c1=O. The van der Waals surface area contributed by atoms with Crippen LogP contribution in [0.15, 0.2) is 9.59 Å². The molecule has 0 fully saturated rings. The number of nitrogens with one attached hydrogen (secondary N) is 2. The Balaban J connectivity index is 3.11. The summed E-state index contributed by atoms with van der Waals surface area (Å²) in [7, 11) is 1.59. The third-order valence-corrected chi connectivity index (χ3v) is 2.93. The van der Waals surface area contributed by atoms with Crippen LogP contribution in [0.25, 0.3) is 0 Å². The van der Waals surface area contributed by atoms with E-state index < -0.39 is 16.9 Å². The molecular weight excluding hydrogens is 248 g/mol. The Morgan fingerprint density at radius 2 is 2.05 bits per heavy atom. The zero-order valence-electron chi connectivity index (χ0n) is 11.9. The normalized spacial score (nSPS) is 11.6. The van der Waals surface area contributed by atoms with Gasteiger partial charge in [-0.2, -0.15) is 0 Å². The molecule has 7 nitrogen and oxygen atoms in total. The van der Waals surface area contributed by atoms with Crippen molar-refractivity contribution in [2.75, 3.05) is 24.7 Å². The summed E-state index contributed by atoms with van der Waals surface area (Å²) in [6, 6.07) is 0. The molecule has 108 valence electrons. The number of nitrogen functional groups attached to an aromatic ring is 1. The fourth-order valence-electron chi connectivity index (χ4n) is 1.58. The van der Waals surface area contributed by atoms with Crippen molar-refractivity contribution < 1.29 is 4.74 Å². The van der Waals surface area contributed by atoms with Gasteiger partial charge in [-0.05, 0) is 20.3 Å². The number of nitrogens with zero attached hydrogens (tertiary/aromatic N) is 1. The number of hydrogen-bond acceptors (Lipinski definition) is 5. The van der Waals surface area contributed by atoms with E-state index in [0.717, 1.165) is 6.42 Å². The van der Waals surface area contributed by atoms with Crippen LogP contribution >= 0.6 is 0 Å². The maximum atomic E-state index is 11.8. The fraction of sp³-hybridized carbons (Fsp3) is 0.667. The van der Waals surface area contributed by atoms with Crippen molar-refractivity contribution in [2.45, 2.75) is 39.3 Å². The maximum Gasteiger partial charge on any atom is 0.330 e. The Kier molecular flexibility index (Phi) is 4.77. The summed E-state index contributed by atoms with van der Waals surface area (Å²) in [5.74, 6) is 0.155. The monoisotopic (exact) mass is 270 g/mol. The molecule has 0 aliphatic heterocycles. The first kappa shape index (κ1) is 15.3. The summed E-state index contributed by atoms with van der Waals surface area (Å²) in [5, 5.41) is 2.94. The number of H-pyrrole nitrogens is 1. The van der Waals surface area contributed by atoms with E-state index in [-0.39, 0.29) is 11.5 Å². The van der Waals surface area contributed by atoms with Crippen LogP contribution in [-0.2, 0) is 11.3 Å². The van der Waals surface area contributed by atoms with Crippen LogP contribution in [0.3, 0.4) is 0 Å². The molecule has 19 heavy (non-hydrogen) atoms. The first-order valence-electron chi connectivity index (χ1n) is 6.24. The van der Waals surface area contributed by atoms with Gasteiger partial charge in [0.2, 0.25) is 0 Å². The molecule has 0 bridgehead atoms. The van der Waals surface area contributed by atoms with Crippen LogP contribution in [0.2, 0.25) is 0 Å². The molecule has 4 N–H and O–H groups in total. The second kappa shape index (κ2) is 5.92. The lowest BCUT2D eigenvalue weighted by atomic mass is 10.1. The second-order valence-electron chi connectivity index (χ2n) is 4.99. The molecule has 0 saturated carbocycles. The van der Waals surface area contributed by atoms with Crippen molar-refractivity contribution >= 4 is 11.5 Å². The standard InChI is InChI=1S/C12H22N4O3/c1-5-6-16-9(13)8(10(17)15-11(16)18)14-7-12(2,3)19-4/h14H,5-7,13H2,1-4H3,(H,15,17,18). The predicted molar refractivity (Wildman–Crippen MR) is 75.6 cm³/mol. The highest BCUT2D eigenvalue weighted by atomic mass is 16.5. The van der Waals surface area contributed by atoms with Gasteiger partial charge in [0.05, 0.1) is 5.60 Å². The van der Waals surface area contributed by atoms with Crippen LogP contribution < -0.4 is 22.3 Å². The highest BCUT2D eigenvalue weighted by Crippen LogP contribution is 2.13. The van der Waals surface area contributed by atoms with Gasteiger partial charge in [0.1, 0.15) is 11.5 Å². The molecule has 0 spiro atoms. The first-order valence-corrected chi connectivity index (χ1v) is 6.24. The Labute approximate surface area is 111 Å². The summed E-state index contributed by atoms with van der Waals surface area (Å²) in [6.45, 7) is 6.56. The molecule has 0 saturated heterocycles. The van der Waals surface area contributed by atoms with E-state index in [1.54, 1.807) is 7.11 Å².